The molecule has 0 saturated carbocycles. The van der Waals surface area contributed by atoms with Crippen LogP contribution in [0, 0.1) is 10.1 Å². The zero-order valence-corrected chi connectivity index (χ0v) is 14.0. The van der Waals surface area contributed by atoms with E-state index in [9.17, 15) is 14.9 Å². The minimum Gasteiger partial charge on any atom is -0.475 e. The smallest absolute Gasteiger partial charge is 0.343 e. The molecule has 1 aromatic rings. The summed E-state index contributed by atoms with van der Waals surface area (Å²) in [6.45, 7) is 2.20. The molecule has 8 nitrogen and oxygen atoms in total. The maximum Gasteiger partial charge on any atom is 0.343 e. The van der Waals surface area contributed by atoms with Gasteiger partial charge in [-0.3, -0.25) is 15.0 Å². The van der Waals surface area contributed by atoms with Crippen LogP contribution in [0.1, 0.15) is 18.4 Å². The first kappa shape index (κ1) is 18.2. The zero-order chi connectivity index (χ0) is 17.5. The molecule has 1 aliphatic heterocycles. The van der Waals surface area contributed by atoms with Gasteiger partial charge in [-0.1, -0.05) is 6.07 Å². The molecule has 1 N–H and O–H groups in total. The fourth-order valence-corrected chi connectivity index (χ4v) is 2.93. The van der Waals surface area contributed by atoms with E-state index in [2.05, 4.69) is 15.0 Å². The first-order chi connectivity index (χ1) is 11.5. The van der Waals surface area contributed by atoms with Gasteiger partial charge in [0, 0.05) is 25.2 Å². The lowest BCUT2D eigenvalue weighted by atomic mass is 10.1. The zero-order valence-electron chi connectivity index (χ0n) is 14.0. The summed E-state index contributed by atoms with van der Waals surface area (Å²) in [5.74, 6) is -0.511. The average molecular weight is 337 g/mol. The Balaban J connectivity index is 2.10. The normalized spacial score (nSPS) is 17.7. The minimum atomic E-state index is -0.583. The topological polar surface area (TPSA) is 93.9 Å². The van der Waals surface area contributed by atoms with Gasteiger partial charge in [0.1, 0.15) is 0 Å². The molecule has 24 heavy (non-hydrogen) atoms. The predicted octanol–water partition coefficient (Wildman–Crippen LogP) is 1.33. The molecule has 0 bridgehead atoms. The molecule has 0 spiro atoms. The van der Waals surface area contributed by atoms with E-state index in [4.69, 9.17) is 4.74 Å². The van der Waals surface area contributed by atoms with Gasteiger partial charge >= 0.3 is 11.7 Å². The number of nitro benzene ring substituents is 1. The summed E-state index contributed by atoms with van der Waals surface area (Å²) >= 11 is 0. The van der Waals surface area contributed by atoms with E-state index in [1.165, 1.54) is 13.2 Å². The standard InChI is InChI=1S/C16H23N3O5/c1-17-9-13-4-3-7-18(13)10-12-5-6-15(14(8-12)19(21)22)24-11-16(20)23-2/h5-6,8,13,17H,3-4,7,9-11H2,1-2H3. The molecule has 1 heterocycles. The number of esters is 1. The van der Waals surface area contributed by atoms with Gasteiger partial charge in [0.05, 0.1) is 12.0 Å². The Labute approximate surface area is 140 Å². The number of nitrogens with zero attached hydrogens (tertiary/aromatic N) is 2. The van der Waals surface area contributed by atoms with Crippen LogP contribution in [0.15, 0.2) is 18.2 Å². The molecule has 0 radical (unpaired) electrons. The number of benzene rings is 1. The van der Waals surface area contributed by atoms with Gasteiger partial charge in [0.15, 0.2) is 12.4 Å². The number of hydrogen-bond donors (Lipinski definition) is 1. The van der Waals surface area contributed by atoms with E-state index < -0.39 is 10.9 Å². The summed E-state index contributed by atoms with van der Waals surface area (Å²) < 4.78 is 9.67. The van der Waals surface area contributed by atoms with E-state index in [0.717, 1.165) is 31.5 Å². The molecule has 132 valence electrons. The Kier molecular flexibility index (Phi) is 6.51. The molecular weight excluding hydrogens is 314 g/mol. The van der Waals surface area contributed by atoms with Crippen molar-refractivity contribution in [3.8, 4) is 5.75 Å². The molecule has 1 fully saturated rings. The predicted molar refractivity (Wildman–Crippen MR) is 88.0 cm³/mol. The van der Waals surface area contributed by atoms with Crippen LogP contribution in [0.2, 0.25) is 0 Å². The molecule has 1 saturated heterocycles. The van der Waals surface area contributed by atoms with E-state index >= 15 is 0 Å². The highest BCUT2D eigenvalue weighted by Gasteiger charge is 2.25. The molecule has 1 aromatic carbocycles. The van der Waals surface area contributed by atoms with Crippen LogP contribution in [0.5, 0.6) is 5.75 Å². The second-order valence-electron chi connectivity index (χ2n) is 5.75. The number of likely N-dealkylation sites (tertiary alicyclic amines) is 1. The molecule has 2 rings (SSSR count). The third-order valence-electron chi connectivity index (χ3n) is 4.12. The van der Waals surface area contributed by atoms with Gasteiger partial charge in [0.2, 0.25) is 0 Å². The summed E-state index contributed by atoms with van der Waals surface area (Å²) in [6, 6.07) is 5.30. The summed E-state index contributed by atoms with van der Waals surface area (Å²) in [5, 5.41) is 14.5. The number of nitrogens with one attached hydrogen (secondary N) is 1. The van der Waals surface area contributed by atoms with Crippen molar-refractivity contribution in [3.63, 3.8) is 0 Å². The van der Waals surface area contributed by atoms with Crippen molar-refractivity contribution in [3.05, 3.63) is 33.9 Å². The summed E-state index contributed by atoms with van der Waals surface area (Å²) in [5.41, 5.74) is 0.718. The van der Waals surface area contributed by atoms with Crippen molar-refractivity contribution >= 4 is 11.7 Å². The summed E-state index contributed by atoms with van der Waals surface area (Å²) in [6.07, 6.45) is 2.26. The fraction of sp³-hybridized carbons (Fsp3) is 0.562. The largest absolute Gasteiger partial charge is 0.475 e. The third-order valence-corrected chi connectivity index (χ3v) is 4.12. The molecule has 1 atom stereocenters. The van der Waals surface area contributed by atoms with Crippen molar-refractivity contribution in [1.82, 2.24) is 10.2 Å². The molecule has 0 aromatic heterocycles. The summed E-state index contributed by atoms with van der Waals surface area (Å²) in [4.78, 5) is 24.2. The molecule has 1 aliphatic rings. The van der Waals surface area contributed by atoms with E-state index in [1.54, 1.807) is 12.1 Å². The number of methoxy groups -OCH3 is 1. The minimum absolute atomic E-state index is 0.0716. The Hall–Kier alpha value is -2.19. The van der Waals surface area contributed by atoms with Crippen LogP contribution in [0.4, 0.5) is 5.69 Å². The van der Waals surface area contributed by atoms with Crippen molar-refractivity contribution in [2.45, 2.75) is 25.4 Å². The van der Waals surface area contributed by atoms with Gasteiger partial charge in [0.25, 0.3) is 0 Å². The monoisotopic (exact) mass is 337 g/mol. The van der Waals surface area contributed by atoms with E-state index in [1.807, 2.05) is 7.05 Å². The Morgan fingerprint density at radius 2 is 2.29 bits per heavy atom. The lowest BCUT2D eigenvalue weighted by Crippen LogP contribution is -2.36. The van der Waals surface area contributed by atoms with E-state index in [-0.39, 0.29) is 18.0 Å². The maximum absolute atomic E-state index is 11.3. The number of carbonyl (C=O) groups is 1. The fourth-order valence-electron chi connectivity index (χ4n) is 2.93. The SMILES string of the molecule is CNCC1CCCN1Cc1ccc(OCC(=O)OC)c([N+](=O)[O-])c1. The van der Waals surface area contributed by atoms with Crippen LogP contribution in [-0.4, -0.2) is 55.7 Å². The van der Waals surface area contributed by atoms with Gasteiger partial charge < -0.3 is 14.8 Å². The highest BCUT2D eigenvalue weighted by Crippen LogP contribution is 2.29. The highest BCUT2D eigenvalue weighted by molar-refractivity contribution is 5.71. The van der Waals surface area contributed by atoms with Crippen molar-refractivity contribution in [2.24, 2.45) is 0 Å². The van der Waals surface area contributed by atoms with Crippen molar-refractivity contribution in [1.29, 1.82) is 0 Å². The maximum atomic E-state index is 11.3. The van der Waals surface area contributed by atoms with Crippen LogP contribution < -0.4 is 10.1 Å². The quantitative estimate of drug-likeness (QED) is 0.434. The van der Waals surface area contributed by atoms with Crippen LogP contribution in [-0.2, 0) is 16.1 Å². The number of ether oxygens (including phenoxy) is 2. The first-order valence-corrected chi connectivity index (χ1v) is 7.90. The molecule has 0 aliphatic carbocycles. The number of likely N-dealkylation sites (N-methyl/N-ethyl adjacent to an activating group) is 1. The number of rotatable bonds is 8. The van der Waals surface area contributed by atoms with Crippen LogP contribution in [0.3, 0.4) is 0 Å². The third kappa shape index (κ3) is 4.65. The number of hydrogen-bond acceptors (Lipinski definition) is 7. The molecular formula is C16H23N3O5. The van der Waals surface area contributed by atoms with Gasteiger partial charge in [-0.15, -0.1) is 0 Å². The molecule has 0 amide bonds. The molecule has 1 unspecified atom stereocenters. The van der Waals surface area contributed by atoms with Crippen LogP contribution in [0.25, 0.3) is 0 Å². The number of carbonyl (C=O) groups excluding carboxylic acids is 1. The lowest BCUT2D eigenvalue weighted by molar-refractivity contribution is -0.385. The Morgan fingerprint density at radius 1 is 1.50 bits per heavy atom. The number of nitro groups is 1. The Bertz CT molecular complexity index is 593. The average Bonchev–Trinajstić information content (AvgIpc) is 3.00. The van der Waals surface area contributed by atoms with Crippen molar-refractivity contribution in [2.75, 3.05) is 33.9 Å². The second kappa shape index (κ2) is 8.60. The second-order valence-corrected chi connectivity index (χ2v) is 5.75. The first-order valence-electron chi connectivity index (χ1n) is 7.90. The van der Waals surface area contributed by atoms with Gasteiger partial charge in [-0.25, -0.2) is 4.79 Å². The van der Waals surface area contributed by atoms with E-state index in [0.29, 0.717) is 12.6 Å². The van der Waals surface area contributed by atoms with Crippen molar-refractivity contribution < 1.29 is 19.2 Å². The molecule has 8 heteroatoms. The highest BCUT2D eigenvalue weighted by atomic mass is 16.6. The van der Waals surface area contributed by atoms with Gasteiger partial charge in [-0.05, 0) is 38.1 Å². The lowest BCUT2D eigenvalue weighted by Gasteiger charge is -2.24. The van der Waals surface area contributed by atoms with Gasteiger partial charge in [-0.2, -0.15) is 0 Å². The van der Waals surface area contributed by atoms with Crippen LogP contribution >= 0.6 is 0 Å². The summed E-state index contributed by atoms with van der Waals surface area (Å²) in [7, 11) is 3.16. The Morgan fingerprint density at radius 3 is 2.96 bits per heavy atom.